The van der Waals surface area contributed by atoms with Crippen LogP contribution in [0.2, 0.25) is 0 Å². The summed E-state index contributed by atoms with van der Waals surface area (Å²) in [5.41, 5.74) is 0.328. The number of alkyl halides is 3. The smallest absolute Gasteiger partial charge is 0.314 e. The van der Waals surface area contributed by atoms with E-state index in [1.165, 1.54) is 12.1 Å². The van der Waals surface area contributed by atoms with Crippen molar-refractivity contribution in [3.05, 3.63) is 35.4 Å². The van der Waals surface area contributed by atoms with Crippen LogP contribution in [0.1, 0.15) is 25.0 Å². The Kier molecular flexibility index (Phi) is 4.35. The predicted molar refractivity (Wildman–Crippen MR) is 58.3 cm³/mol. The highest BCUT2D eigenvalue weighted by atomic mass is 19.4. The zero-order valence-electron chi connectivity index (χ0n) is 9.43. The van der Waals surface area contributed by atoms with E-state index in [4.69, 9.17) is 0 Å². The molecule has 0 unspecified atom stereocenters. The average Bonchev–Trinajstić information content (AvgIpc) is 2.17. The number of hydrogen-bond acceptors (Lipinski definition) is 1. The van der Waals surface area contributed by atoms with Gasteiger partial charge in [0.05, 0.1) is 5.56 Å². The Bertz CT molecular complexity index is 316. The van der Waals surface area contributed by atoms with E-state index in [1.54, 1.807) is 0 Å². The normalized spacial score (nSPS) is 13.8. The summed E-state index contributed by atoms with van der Waals surface area (Å²) in [5.74, 6) is 0. The highest BCUT2D eigenvalue weighted by Gasteiger charge is 2.29. The molecule has 1 atom stereocenters. The standard InChI is InChI=1S/C12H16F3N/c1-3-16-9(2)8-10-4-6-11(7-5-10)12(13,14)15/h4-7,9,16H,3,8H2,1-2H3/t9-/m0/s1. The lowest BCUT2D eigenvalue weighted by Gasteiger charge is -2.13. The third-order valence-electron chi connectivity index (χ3n) is 2.38. The molecule has 0 aromatic heterocycles. The summed E-state index contributed by atoms with van der Waals surface area (Å²) in [7, 11) is 0. The van der Waals surface area contributed by atoms with Gasteiger partial charge in [0, 0.05) is 6.04 Å². The molecule has 0 aliphatic carbocycles. The topological polar surface area (TPSA) is 12.0 Å². The molecule has 1 N–H and O–H groups in total. The molecule has 0 spiro atoms. The molecule has 16 heavy (non-hydrogen) atoms. The van der Waals surface area contributed by atoms with E-state index in [0.29, 0.717) is 0 Å². The summed E-state index contributed by atoms with van der Waals surface area (Å²) >= 11 is 0. The van der Waals surface area contributed by atoms with Gasteiger partial charge in [-0.2, -0.15) is 13.2 Å². The Balaban J connectivity index is 2.65. The van der Waals surface area contributed by atoms with Crippen molar-refractivity contribution in [2.75, 3.05) is 6.54 Å². The molecule has 0 saturated heterocycles. The molecule has 4 heteroatoms. The van der Waals surface area contributed by atoms with Crippen LogP contribution in [0.15, 0.2) is 24.3 Å². The zero-order valence-corrected chi connectivity index (χ0v) is 9.43. The maximum atomic E-state index is 12.3. The monoisotopic (exact) mass is 231 g/mol. The summed E-state index contributed by atoms with van der Waals surface area (Å²) in [6.45, 7) is 4.88. The first kappa shape index (κ1) is 13.0. The Morgan fingerprint density at radius 1 is 1.19 bits per heavy atom. The van der Waals surface area contributed by atoms with Crippen molar-refractivity contribution in [1.82, 2.24) is 5.32 Å². The molecular formula is C12H16F3N. The molecule has 1 aromatic rings. The van der Waals surface area contributed by atoms with Crippen LogP contribution < -0.4 is 5.32 Å². The maximum Gasteiger partial charge on any atom is 0.416 e. The Morgan fingerprint density at radius 3 is 2.19 bits per heavy atom. The quantitative estimate of drug-likeness (QED) is 0.838. The van der Waals surface area contributed by atoms with Gasteiger partial charge >= 0.3 is 6.18 Å². The Hall–Kier alpha value is -1.03. The van der Waals surface area contributed by atoms with Crippen molar-refractivity contribution < 1.29 is 13.2 Å². The van der Waals surface area contributed by atoms with E-state index in [-0.39, 0.29) is 6.04 Å². The average molecular weight is 231 g/mol. The molecule has 0 bridgehead atoms. The largest absolute Gasteiger partial charge is 0.416 e. The lowest BCUT2D eigenvalue weighted by molar-refractivity contribution is -0.137. The van der Waals surface area contributed by atoms with Crippen LogP contribution in [-0.2, 0) is 12.6 Å². The van der Waals surface area contributed by atoms with Gasteiger partial charge in [-0.05, 0) is 37.6 Å². The molecule has 0 fully saturated rings. The SMILES string of the molecule is CCN[C@@H](C)Cc1ccc(C(F)(F)F)cc1. The molecule has 0 aliphatic heterocycles. The third kappa shape index (κ3) is 3.85. The first-order chi connectivity index (χ1) is 7.43. The predicted octanol–water partition coefficient (Wildman–Crippen LogP) is 3.25. The van der Waals surface area contributed by atoms with Crippen molar-refractivity contribution >= 4 is 0 Å². The van der Waals surface area contributed by atoms with Crippen LogP contribution >= 0.6 is 0 Å². The summed E-state index contributed by atoms with van der Waals surface area (Å²) < 4.78 is 36.9. The lowest BCUT2D eigenvalue weighted by atomic mass is 10.1. The van der Waals surface area contributed by atoms with Crippen molar-refractivity contribution in [1.29, 1.82) is 0 Å². The molecule has 0 amide bonds. The summed E-state index contributed by atoms with van der Waals surface area (Å²) in [4.78, 5) is 0. The first-order valence-electron chi connectivity index (χ1n) is 5.33. The van der Waals surface area contributed by atoms with Crippen LogP contribution in [0, 0.1) is 0 Å². The number of nitrogens with one attached hydrogen (secondary N) is 1. The highest BCUT2D eigenvalue weighted by Crippen LogP contribution is 2.29. The first-order valence-corrected chi connectivity index (χ1v) is 5.33. The summed E-state index contributed by atoms with van der Waals surface area (Å²) in [5, 5.41) is 3.22. The molecular weight excluding hydrogens is 215 g/mol. The van der Waals surface area contributed by atoms with Gasteiger partial charge in [0.1, 0.15) is 0 Å². The number of likely N-dealkylation sites (N-methyl/N-ethyl adjacent to an activating group) is 1. The fourth-order valence-corrected chi connectivity index (χ4v) is 1.60. The van der Waals surface area contributed by atoms with Gasteiger partial charge in [-0.25, -0.2) is 0 Å². The molecule has 0 heterocycles. The van der Waals surface area contributed by atoms with E-state index in [2.05, 4.69) is 5.32 Å². The fraction of sp³-hybridized carbons (Fsp3) is 0.500. The molecule has 0 saturated carbocycles. The second-order valence-electron chi connectivity index (χ2n) is 3.86. The van der Waals surface area contributed by atoms with Gasteiger partial charge in [0.25, 0.3) is 0 Å². The van der Waals surface area contributed by atoms with Gasteiger partial charge in [-0.1, -0.05) is 19.1 Å². The van der Waals surface area contributed by atoms with Crippen molar-refractivity contribution in [2.24, 2.45) is 0 Å². The molecule has 1 rings (SSSR count). The summed E-state index contributed by atoms with van der Waals surface area (Å²) in [6.07, 6.45) is -3.50. The molecule has 90 valence electrons. The number of benzene rings is 1. The third-order valence-corrected chi connectivity index (χ3v) is 2.38. The zero-order chi connectivity index (χ0) is 12.2. The number of hydrogen-bond donors (Lipinski definition) is 1. The van der Waals surface area contributed by atoms with Gasteiger partial charge in [-0.3, -0.25) is 0 Å². The second-order valence-corrected chi connectivity index (χ2v) is 3.86. The van der Waals surface area contributed by atoms with Gasteiger partial charge in [0.15, 0.2) is 0 Å². The van der Waals surface area contributed by atoms with Crippen molar-refractivity contribution in [3.8, 4) is 0 Å². The van der Waals surface area contributed by atoms with Gasteiger partial charge < -0.3 is 5.32 Å². The van der Waals surface area contributed by atoms with Crippen molar-refractivity contribution in [3.63, 3.8) is 0 Å². The lowest BCUT2D eigenvalue weighted by Crippen LogP contribution is -2.27. The summed E-state index contributed by atoms with van der Waals surface area (Å²) in [6, 6.07) is 5.62. The minimum atomic E-state index is -4.24. The van der Waals surface area contributed by atoms with Crippen LogP contribution in [0.3, 0.4) is 0 Å². The van der Waals surface area contributed by atoms with E-state index >= 15 is 0 Å². The molecule has 0 aliphatic rings. The van der Waals surface area contributed by atoms with Crippen LogP contribution in [0.5, 0.6) is 0 Å². The maximum absolute atomic E-state index is 12.3. The van der Waals surface area contributed by atoms with Crippen LogP contribution in [-0.4, -0.2) is 12.6 Å². The molecule has 1 aromatic carbocycles. The fourth-order valence-electron chi connectivity index (χ4n) is 1.60. The van der Waals surface area contributed by atoms with Crippen molar-refractivity contribution in [2.45, 2.75) is 32.5 Å². The Morgan fingerprint density at radius 2 is 1.75 bits per heavy atom. The number of rotatable bonds is 4. The second kappa shape index (κ2) is 5.34. The van der Waals surface area contributed by atoms with Crippen LogP contribution in [0.25, 0.3) is 0 Å². The molecule has 0 radical (unpaired) electrons. The van der Waals surface area contributed by atoms with E-state index < -0.39 is 11.7 Å². The number of halogens is 3. The van der Waals surface area contributed by atoms with E-state index in [0.717, 1.165) is 30.7 Å². The highest BCUT2D eigenvalue weighted by molar-refractivity contribution is 5.25. The minimum absolute atomic E-state index is 0.279. The van der Waals surface area contributed by atoms with E-state index in [1.807, 2.05) is 13.8 Å². The molecule has 1 nitrogen and oxygen atoms in total. The van der Waals surface area contributed by atoms with Gasteiger partial charge in [0.2, 0.25) is 0 Å². The van der Waals surface area contributed by atoms with Crippen LogP contribution in [0.4, 0.5) is 13.2 Å². The van der Waals surface area contributed by atoms with Gasteiger partial charge in [-0.15, -0.1) is 0 Å². The van der Waals surface area contributed by atoms with E-state index in [9.17, 15) is 13.2 Å². The Labute approximate surface area is 93.7 Å². The minimum Gasteiger partial charge on any atom is -0.314 e.